The third-order valence-electron chi connectivity index (χ3n) is 8.05. The fraction of sp³-hybridized carbons (Fsp3) is 0.154. The highest BCUT2D eigenvalue weighted by Crippen LogP contribution is 2.35. The van der Waals surface area contributed by atoms with Crippen molar-refractivity contribution in [1.82, 2.24) is 19.1 Å². The zero-order valence-corrected chi connectivity index (χ0v) is 33.4. The van der Waals surface area contributed by atoms with Crippen LogP contribution < -0.4 is 0 Å². The molecule has 2 atom stereocenters. The quantitative estimate of drug-likeness (QED) is 0.146. The number of hydrogen-bond acceptors (Lipinski definition) is 3. The van der Waals surface area contributed by atoms with Crippen LogP contribution in [-0.2, 0) is 19.7 Å². The summed E-state index contributed by atoms with van der Waals surface area (Å²) < 4.78 is 5.94. The van der Waals surface area contributed by atoms with Gasteiger partial charge in [-0.1, -0.05) is 98.8 Å². The van der Waals surface area contributed by atoms with Crippen LogP contribution in [0.3, 0.4) is 0 Å². The number of benzene rings is 4. The zero-order valence-electron chi connectivity index (χ0n) is 30.3. The van der Waals surface area contributed by atoms with E-state index >= 15 is 0 Å². The number of rotatable bonds is 6. The molecule has 0 aliphatic heterocycles. The van der Waals surface area contributed by atoms with E-state index < -0.39 is 12.0 Å². The molecule has 0 saturated heterocycles. The van der Waals surface area contributed by atoms with E-state index in [0.717, 1.165) is 31.0 Å². The SMILES string of the molecule is C=C=C=C=C=C=C.CC(c1cn(C)cn1)c1cccc2ccc(Br)cc12.Cn1cnc(C(C)(O)c2cccc3ccc(Br)cc23)c1.[B][B]B([B])B([B])[B]. The van der Waals surface area contributed by atoms with E-state index in [-0.39, 0.29) is 6.39 Å². The van der Waals surface area contributed by atoms with Crippen LogP contribution in [0.25, 0.3) is 21.5 Å². The second-order valence-electron chi connectivity index (χ2n) is 12.1. The molecule has 9 radical (unpaired) electrons. The van der Waals surface area contributed by atoms with Gasteiger partial charge >= 0.3 is 0 Å². The molecular formula is C39H34B7Br2N4O. The van der Waals surface area contributed by atoms with E-state index in [0.29, 0.717) is 11.6 Å². The van der Waals surface area contributed by atoms with E-state index in [1.54, 1.807) is 13.3 Å². The van der Waals surface area contributed by atoms with Gasteiger partial charge in [0.1, 0.15) is 5.60 Å². The molecule has 6 aromatic rings. The first-order valence-corrected chi connectivity index (χ1v) is 18.0. The minimum absolute atomic E-state index is 0.291. The maximum absolute atomic E-state index is 11.0. The number of imidazole rings is 2. The number of halogens is 2. The van der Waals surface area contributed by atoms with E-state index in [9.17, 15) is 5.11 Å². The van der Waals surface area contributed by atoms with Gasteiger partial charge in [0.2, 0.25) is 0 Å². The van der Waals surface area contributed by atoms with Crippen LogP contribution in [-0.4, -0.2) is 75.0 Å². The molecule has 1 N–H and O–H groups in total. The molecule has 6 rings (SSSR count). The Balaban J connectivity index is 0.000000212. The Morgan fingerprint density at radius 2 is 1.36 bits per heavy atom. The van der Waals surface area contributed by atoms with E-state index in [1.807, 2.05) is 72.2 Å². The van der Waals surface area contributed by atoms with Crippen LogP contribution in [0.4, 0.5) is 0 Å². The maximum Gasteiger partial charge on any atom is 0.131 e. The van der Waals surface area contributed by atoms with Crippen molar-refractivity contribution in [3.63, 3.8) is 0 Å². The average molecular weight is 810 g/mol. The van der Waals surface area contributed by atoms with Crippen molar-refractivity contribution < 1.29 is 5.11 Å². The van der Waals surface area contributed by atoms with Crippen LogP contribution in [0, 0.1) is 0 Å². The summed E-state index contributed by atoms with van der Waals surface area (Å²) in [5, 5.41) is 15.6. The fourth-order valence-corrected chi connectivity index (χ4v) is 5.90. The van der Waals surface area contributed by atoms with Crippen molar-refractivity contribution in [3.05, 3.63) is 171 Å². The van der Waals surface area contributed by atoms with Crippen LogP contribution in [0.1, 0.15) is 42.3 Å². The van der Waals surface area contributed by atoms with Crippen molar-refractivity contribution in [1.29, 1.82) is 0 Å². The highest BCUT2D eigenvalue weighted by atomic mass is 79.9. The van der Waals surface area contributed by atoms with Gasteiger partial charge in [-0.05, 0) is 94.2 Å². The average Bonchev–Trinajstić information content (AvgIpc) is 3.80. The monoisotopic (exact) mass is 809 g/mol. The smallest absolute Gasteiger partial charge is 0.131 e. The first kappa shape index (κ1) is 43.2. The van der Waals surface area contributed by atoms with Crippen LogP contribution in [0.5, 0.6) is 0 Å². The van der Waals surface area contributed by atoms with Crippen LogP contribution >= 0.6 is 31.9 Å². The number of aromatic nitrogens is 4. The molecule has 5 nitrogen and oxygen atoms in total. The van der Waals surface area contributed by atoms with Gasteiger partial charge < -0.3 is 14.2 Å². The standard InChI is InChI=1S/C16H15BrN2O.C16H15BrN2.C7H4.B7/c1-16(20,15-9-19(2)10-18-15)14-5-3-4-11-6-7-12(17)8-13(11)14;1-11(16-9-19(2)10-18-16)14-5-3-4-12-6-7-13(17)8-15(12)14;1-3-5-7-6-4-2;1-5-7(4)6(2)3/h3-10,20H,1-2H3;3-11H,1-2H3;1-2H2;. The molecule has 0 spiro atoms. The second kappa shape index (κ2) is 20.9. The lowest BCUT2D eigenvalue weighted by Gasteiger charge is -2.23. The Morgan fingerprint density at radius 3 is 1.85 bits per heavy atom. The molecule has 0 aliphatic rings. The van der Waals surface area contributed by atoms with Crippen molar-refractivity contribution in [2.45, 2.75) is 25.4 Å². The molecule has 0 aliphatic carbocycles. The zero-order chi connectivity index (χ0) is 39.1. The summed E-state index contributed by atoms with van der Waals surface area (Å²) in [4.78, 5) is 8.77. The molecule has 2 aromatic heterocycles. The Bertz CT molecular complexity index is 2310. The van der Waals surface area contributed by atoms with Gasteiger partial charge in [-0.3, -0.25) is 0 Å². The number of hydrogen-bond donors (Lipinski definition) is 1. The molecule has 2 unspecified atom stereocenters. The van der Waals surface area contributed by atoms with Gasteiger partial charge in [-0.2, -0.15) is 0 Å². The molecular weight excluding hydrogens is 776 g/mol. The lowest BCUT2D eigenvalue weighted by atomic mass is 8.76. The fourth-order valence-electron chi connectivity index (χ4n) is 5.18. The number of nitrogens with zero attached hydrogens (tertiary/aromatic N) is 4. The molecule has 4 aromatic carbocycles. The largest absolute Gasteiger partial charge is 0.379 e. The molecule has 0 fully saturated rings. The molecule has 0 saturated carbocycles. The predicted molar refractivity (Wildman–Crippen MR) is 235 cm³/mol. The molecule has 14 heteroatoms. The van der Waals surface area contributed by atoms with Crippen molar-refractivity contribution in [2.24, 2.45) is 14.1 Å². The summed E-state index contributed by atoms with van der Waals surface area (Å²) in [5.41, 5.74) is 14.8. The van der Waals surface area contributed by atoms with Crippen LogP contribution in [0.15, 0.2) is 149 Å². The summed E-state index contributed by atoms with van der Waals surface area (Å²) in [7, 11) is 25.5. The number of aliphatic hydroxyl groups is 1. The molecule has 2 heterocycles. The molecule has 0 amide bonds. The van der Waals surface area contributed by atoms with Crippen molar-refractivity contribution in [3.8, 4) is 0 Å². The Morgan fingerprint density at radius 1 is 0.811 bits per heavy atom. The summed E-state index contributed by atoms with van der Waals surface area (Å²) in [6, 6.07) is 24.9. The molecule has 0 bridgehead atoms. The highest BCUT2D eigenvalue weighted by molar-refractivity contribution is 9.10. The van der Waals surface area contributed by atoms with E-state index in [1.165, 1.54) is 23.4 Å². The number of fused-ring (bicyclic) bond motifs is 2. The second-order valence-corrected chi connectivity index (χ2v) is 14.0. The predicted octanol–water partition coefficient (Wildman–Crippen LogP) is 6.99. The van der Waals surface area contributed by atoms with Gasteiger partial charge in [-0.15, -0.1) is 0 Å². The van der Waals surface area contributed by atoms with E-state index in [4.69, 9.17) is 30.9 Å². The minimum Gasteiger partial charge on any atom is -0.379 e. The third-order valence-corrected chi connectivity index (χ3v) is 9.04. The lowest BCUT2D eigenvalue weighted by Crippen LogP contribution is -2.43. The first-order chi connectivity index (χ1) is 25.2. The lowest BCUT2D eigenvalue weighted by molar-refractivity contribution is 0.0993. The topological polar surface area (TPSA) is 55.9 Å². The Kier molecular flexibility index (Phi) is 17.1. The molecule has 53 heavy (non-hydrogen) atoms. The highest BCUT2D eigenvalue weighted by Gasteiger charge is 2.29. The summed E-state index contributed by atoms with van der Waals surface area (Å²) in [5.74, 6) is 0.291. The minimum atomic E-state index is -1.12. The van der Waals surface area contributed by atoms with Gasteiger partial charge in [0.15, 0.2) is 0 Å². The van der Waals surface area contributed by atoms with E-state index in [2.05, 4.69) is 133 Å². The van der Waals surface area contributed by atoms with Gasteiger partial charge in [0.05, 0.1) is 24.0 Å². The maximum atomic E-state index is 11.0. The Labute approximate surface area is 337 Å². The van der Waals surface area contributed by atoms with Crippen molar-refractivity contribution in [2.75, 3.05) is 0 Å². The summed E-state index contributed by atoms with van der Waals surface area (Å²) in [6.07, 6.45) is 6.56. The Hall–Kier alpha value is -4.17. The third kappa shape index (κ3) is 12.5. The first-order valence-electron chi connectivity index (χ1n) is 16.4. The normalized spacial score (nSPS) is 11.5. The van der Waals surface area contributed by atoms with Gasteiger partial charge in [-0.25, -0.2) is 9.97 Å². The van der Waals surface area contributed by atoms with Crippen molar-refractivity contribution >= 4 is 104 Å². The molecule has 251 valence electrons. The van der Waals surface area contributed by atoms with Gasteiger partial charge in [0.25, 0.3) is 0 Å². The van der Waals surface area contributed by atoms with Gasteiger partial charge in [0, 0.05) is 92.1 Å². The summed E-state index contributed by atoms with van der Waals surface area (Å²) in [6.45, 7) is 10.5. The summed E-state index contributed by atoms with van der Waals surface area (Å²) >= 11 is 7.05. The number of aryl methyl sites for hydroxylation is 2. The van der Waals surface area contributed by atoms with Crippen LogP contribution in [0.2, 0.25) is 0 Å².